The summed E-state index contributed by atoms with van der Waals surface area (Å²) in [6.07, 6.45) is 2.10. The van der Waals surface area contributed by atoms with Crippen LogP contribution >= 0.6 is 0 Å². The van der Waals surface area contributed by atoms with Crippen LogP contribution in [0.4, 0.5) is 0 Å². The number of hydrogen-bond donors (Lipinski definition) is 2. The van der Waals surface area contributed by atoms with Gasteiger partial charge in [-0.25, -0.2) is 0 Å². The van der Waals surface area contributed by atoms with Gasteiger partial charge in [0.1, 0.15) is 0 Å². The number of nitrogens with one attached hydrogen (secondary N) is 2. The van der Waals surface area contributed by atoms with Crippen LogP contribution in [0.25, 0.3) is 0 Å². The van der Waals surface area contributed by atoms with E-state index in [-0.39, 0.29) is 0 Å². The van der Waals surface area contributed by atoms with Gasteiger partial charge in [-0.1, -0.05) is 30.3 Å². The molecule has 5 nitrogen and oxygen atoms in total. The van der Waals surface area contributed by atoms with E-state index in [1.54, 1.807) is 7.11 Å². The standard InChI is InChI=1S/C19H32N4O/c1-4-20-19(21-11-8-12-24-3)22-18-13-16(2)23(15-18)14-17-9-6-5-7-10-17/h5-7,9-10,16,18H,4,8,11-15H2,1-3H3,(H2,20,21,22). The van der Waals surface area contributed by atoms with E-state index in [0.29, 0.717) is 12.1 Å². The number of methoxy groups -OCH3 is 1. The monoisotopic (exact) mass is 332 g/mol. The average molecular weight is 332 g/mol. The molecule has 1 aromatic rings. The molecule has 1 saturated heterocycles. The van der Waals surface area contributed by atoms with Gasteiger partial charge in [0, 0.05) is 52.0 Å². The van der Waals surface area contributed by atoms with Crippen LogP contribution in [0.5, 0.6) is 0 Å². The molecule has 0 aliphatic carbocycles. The summed E-state index contributed by atoms with van der Waals surface area (Å²) in [6.45, 7) is 8.92. The first-order chi connectivity index (χ1) is 11.7. The Hall–Kier alpha value is -1.59. The summed E-state index contributed by atoms with van der Waals surface area (Å²) in [5, 5.41) is 6.94. The van der Waals surface area contributed by atoms with Crippen LogP contribution in [0.3, 0.4) is 0 Å². The first-order valence-electron chi connectivity index (χ1n) is 9.04. The molecule has 0 saturated carbocycles. The molecule has 1 aliphatic heterocycles. The summed E-state index contributed by atoms with van der Waals surface area (Å²) in [7, 11) is 1.73. The Morgan fingerprint density at radius 1 is 1.33 bits per heavy atom. The van der Waals surface area contributed by atoms with Crippen molar-refractivity contribution < 1.29 is 4.74 Å². The minimum atomic E-state index is 0.448. The zero-order valence-corrected chi connectivity index (χ0v) is 15.3. The molecule has 1 aliphatic rings. The van der Waals surface area contributed by atoms with Gasteiger partial charge < -0.3 is 15.4 Å². The van der Waals surface area contributed by atoms with E-state index >= 15 is 0 Å². The SMILES string of the molecule is CCNC(=NCCCOC)NC1CC(C)N(Cc2ccccc2)C1. The Balaban J connectivity index is 1.85. The molecule has 5 heteroatoms. The molecule has 1 aromatic carbocycles. The highest BCUT2D eigenvalue weighted by molar-refractivity contribution is 5.80. The van der Waals surface area contributed by atoms with E-state index < -0.39 is 0 Å². The maximum Gasteiger partial charge on any atom is 0.191 e. The lowest BCUT2D eigenvalue weighted by molar-refractivity contribution is 0.197. The predicted octanol–water partition coefficient (Wildman–Crippen LogP) is 2.24. The minimum Gasteiger partial charge on any atom is -0.385 e. The van der Waals surface area contributed by atoms with Crippen molar-refractivity contribution in [2.24, 2.45) is 4.99 Å². The van der Waals surface area contributed by atoms with Crippen LogP contribution < -0.4 is 10.6 Å². The maximum atomic E-state index is 5.09. The highest BCUT2D eigenvalue weighted by atomic mass is 16.5. The first kappa shape index (κ1) is 18.7. The van der Waals surface area contributed by atoms with Crippen molar-refractivity contribution in [3.05, 3.63) is 35.9 Å². The average Bonchev–Trinajstić information content (AvgIpc) is 2.92. The largest absolute Gasteiger partial charge is 0.385 e. The second kappa shape index (κ2) is 10.3. The number of ether oxygens (including phenoxy) is 1. The molecule has 0 aromatic heterocycles. The van der Waals surface area contributed by atoms with Gasteiger partial charge in [0.25, 0.3) is 0 Å². The number of aliphatic imine (C=N–C) groups is 1. The fraction of sp³-hybridized carbons (Fsp3) is 0.632. The first-order valence-corrected chi connectivity index (χ1v) is 9.04. The minimum absolute atomic E-state index is 0.448. The number of rotatable bonds is 8. The summed E-state index contributed by atoms with van der Waals surface area (Å²) in [5.74, 6) is 0.923. The Kier molecular flexibility index (Phi) is 8.05. The van der Waals surface area contributed by atoms with Crippen LogP contribution in [0, 0.1) is 0 Å². The molecule has 2 atom stereocenters. The lowest BCUT2D eigenvalue weighted by atomic mass is 10.2. The fourth-order valence-electron chi connectivity index (χ4n) is 3.15. The van der Waals surface area contributed by atoms with E-state index in [0.717, 1.165) is 51.6 Å². The van der Waals surface area contributed by atoms with Crippen LogP contribution in [-0.4, -0.2) is 56.3 Å². The Labute approximate surface area is 146 Å². The zero-order valence-electron chi connectivity index (χ0n) is 15.3. The van der Waals surface area contributed by atoms with Crippen molar-refractivity contribution in [1.29, 1.82) is 0 Å². The van der Waals surface area contributed by atoms with Crippen molar-refractivity contribution in [2.75, 3.05) is 33.4 Å². The van der Waals surface area contributed by atoms with Crippen LogP contribution in [0.2, 0.25) is 0 Å². The molecule has 2 unspecified atom stereocenters. The van der Waals surface area contributed by atoms with Gasteiger partial charge in [0.2, 0.25) is 0 Å². The van der Waals surface area contributed by atoms with E-state index in [9.17, 15) is 0 Å². The lowest BCUT2D eigenvalue weighted by Crippen LogP contribution is -2.44. The fourth-order valence-corrected chi connectivity index (χ4v) is 3.15. The Bertz CT molecular complexity index is 491. The Morgan fingerprint density at radius 2 is 2.12 bits per heavy atom. The number of nitrogens with zero attached hydrogens (tertiary/aromatic N) is 2. The zero-order chi connectivity index (χ0) is 17.2. The van der Waals surface area contributed by atoms with E-state index in [1.807, 2.05) is 0 Å². The molecule has 2 N–H and O–H groups in total. The third kappa shape index (κ3) is 6.13. The second-order valence-corrected chi connectivity index (χ2v) is 6.45. The van der Waals surface area contributed by atoms with E-state index in [4.69, 9.17) is 4.74 Å². The molecular formula is C19H32N4O. The molecule has 0 radical (unpaired) electrons. The van der Waals surface area contributed by atoms with E-state index in [2.05, 4.69) is 64.7 Å². The van der Waals surface area contributed by atoms with Crippen LogP contribution in [-0.2, 0) is 11.3 Å². The van der Waals surface area contributed by atoms with Crippen molar-refractivity contribution in [3.63, 3.8) is 0 Å². The van der Waals surface area contributed by atoms with Gasteiger partial charge in [0.15, 0.2) is 5.96 Å². The molecule has 0 spiro atoms. The van der Waals surface area contributed by atoms with Gasteiger partial charge in [-0.05, 0) is 32.3 Å². The third-order valence-corrected chi connectivity index (χ3v) is 4.39. The Morgan fingerprint density at radius 3 is 2.83 bits per heavy atom. The van der Waals surface area contributed by atoms with Crippen LogP contribution in [0.1, 0.15) is 32.3 Å². The predicted molar refractivity (Wildman–Crippen MR) is 100 cm³/mol. The quantitative estimate of drug-likeness (QED) is 0.435. The molecule has 24 heavy (non-hydrogen) atoms. The third-order valence-electron chi connectivity index (χ3n) is 4.39. The molecule has 1 heterocycles. The van der Waals surface area contributed by atoms with Gasteiger partial charge >= 0.3 is 0 Å². The number of likely N-dealkylation sites (tertiary alicyclic amines) is 1. The summed E-state index contributed by atoms with van der Waals surface area (Å²) < 4.78 is 5.09. The summed E-state index contributed by atoms with van der Waals surface area (Å²) >= 11 is 0. The number of benzene rings is 1. The molecule has 0 bridgehead atoms. The summed E-state index contributed by atoms with van der Waals surface area (Å²) in [6, 6.07) is 11.7. The van der Waals surface area contributed by atoms with Gasteiger partial charge in [0.05, 0.1) is 0 Å². The van der Waals surface area contributed by atoms with Gasteiger partial charge in [-0.2, -0.15) is 0 Å². The smallest absolute Gasteiger partial charge is 0.191 e. The normalized spacial score (nSPS) is 21.9. The topological polar surface area (TPSA) is 48.9 Å². The summed E-state index contributed by atoms with van der Waals surface area (Å²) in [5.41, 5.74) is 1.38. The van der Waals surface area contributed by atoms with Crippen LogP contribution in [0.15, 0.2) is 35.3 Å². The number of hydrogen-bond acceptors (Lipinski definition) is 3. The lowest BCUT2D eigenvalue weighted by Gasteiger charge is -2.21. The molecular weight excluding hydrogens is 300 g/mol. The van der Waals surface area contributed by atoms with Gasteiger partial charge in [-0.15, -0.1) is 0 Å². The van der Waals surface area contributed by atoms with Gasteiger partial charge in [-0.3, -0.25) is 9.89 Å². The highest BCUT2D eigenvalue weighted by Crippen LogP contribution is 2.20. The number of guanidine groups is 1. The molecule has 0 amide bonds. The molecule has 2 rings (SSSR count). The maximum absolute atomic E-state index is 5.09. The van der Waals surface area contributed by atoms with Crippen molar-refractivity contribution >= 4 is 5.96 Å². The van der Waals surface area contributed by atoms with Crippen molar-refractivity contribution in [1.82, 2.24) is 15.5 Å². The van der Waals surface area contributed by atoms with Crippen molar-refractivity contribution in [3.8, 4) is 0 Å². The van der Waals surface area contributed by atoms with Crippen molar-refractivity contribution in [2.45, 2.75) is 45.3 Å². The molecule has 1 fully saturated rings. The summed E-state index contributed by atoms with van der Waals surface area (Å²) in [4.78, 5) is 7.19. The van der Waals surface area contributed by atoms with E-state index in [1.165, 1.54) is 5.56 Å². The highest BCUT2D eigenvalue weighted by Gasteiger charge is 2.29. The molecule has 134 valence electrons. The second-order valence-electron chi connectivity index (χ2n) is 6.45.